The van der Waals surface area contributed by atoms with Gasteiger partial charge in [-0.25, -0.2) is 4.57 Å². The number of nitrogens with one attached hydrogen (secondary N) is 2. The summed E-state index contributed by atoms with van der Waals surface area (Å²) < 4.78 is 2.00. The molecule has 0 atom stereocenters. The largest absolute Gasteiger partial charge is 0.393 e. The minimum Gasteiger partial charge on any atom is -0.393 e. The van der Waals surface area contributed by atoms with E-state index in [0.717, 1.165) is 24.0 Å². The van der Waals surface area contributed by atoms with Gasteiger partial charge in [0, 0.05) is 12.6 Å². The summed E-state index contributed by atoms with van der Waals surface area (Å²) in [4.78, 5) is 4.58. The van der Waals surface area contributed by atoms with E-state index in [4.69, 9.17) is 5.11 Å². The van der Waals surface area contributed by atoms with Crippen molar-refractivity contribution in [1.29, 1.82) is 0 Å². The molecule has 1 aromatic heterocycles. The molecule has 1 rings (SSSR count). The fraction of sp³-hybridized carbons (Fsp3) is 0.800. The van der Waals surface area contributed by atoms with Crippen molar-refractivity contribution in [3.05, 3.63) is 11.8 Å². The van der Waals surface area contributed by atoms with E-state index in [-0.39, 0.29) is 6.61 Å². The van der Waals surface area contributed by atoms with E-state index in [2.05, 4.69) is 35.5 Å². The lowest BCUT2D eigenvalue weighted by Gasteiger charge is -2.08. The lowest BCUT2D eigenvalue weighted by molar-refractivity contribution is -0.665. The molecule has 3 N–H and O–H groups in total. The maximum atomic E-state index is 8.96. The van der Waals surface area contributed by atoms with Gasteiger partial charge in [-0.15, -0.1) is 0 Å². The number of aliphatic hydroxyl groups is 1. The van der Waals surface area contributed by atoms with Crippen molar-refractivity contribution in [2.24, 2.45) is 7.05 Å². The van der Waals surface area contributed by atoms with Gasteiger partial charge >= 0.3 is 5.95 Å². The van der Waals surface area contributed by atoms with Crippen molar-refractivity contribution in [2.75, 3.05) is 30.3 Å². The Balaban J connectivity index is 2.14. The first-order valence-corrected chi connectivity index (χ1v) is 10.1. The van der Waals surface area contributed by atoms with Crippen molar-refractivity contribution in [1.82, 2.24) is 4.98 Å². The van der Waals surface area contributed by atoms with Crippen LogP contribution in [0.15, 0.2) is 6.07 Å². The van der Waals surface area contributed by atoms with Gasteiger partial charge in [-0.1, -0.05) is 69.7 Å². The Bertz CT molecular complexity index is 465. The van der Waals surface area contributed by atoms with Gasteiger partial charge in [0.2, 0.25) is 5.82 Å². The zero-order chi connectivity index (χ0) is 18.3. The van der Waals surface area contributed by atoms with E-state index in [1.165, 1.54) is 64.2 Å². The Hall–Kier alpha value is -1.36. The first kappa shape index (κ1) is 21.7. The second-order valence-electron chi connectivity index (χ2n) is 6.92. The van der Waals surface area contributed by atoms with Gasteiger partial charge in [-0.05, 0) is 13.3 Å². The number of nitrogens with zero attached hydrogens (tertiary/aromatic N) is 2. The van der Waals surface area contributed by atoms with Crippen LogP contribution in [0.2, 0.25) is 0 Å². The molecule has 144 valence electrons. The van der Waals surface area contributed by atoms with Crippen molar-refractivity contribution in [2.45, 2.75) is 78.1 Å². The summed E-state index contributed by atoms with van der Waals surface area (Å²) in [5, 5.41) is 15.5. The predicted molar refractivity (Wildman–Crippen MR) is 106 cm³/mol. The maximum absolute atomic E-state index is 8.96. The van der Waals surface area contributed by atoms with E-state index in [1.54, 1.807) is 0 Å². The number of hydrogen-bond donors (Lipinski definition) is 3. The molecule has 0 saturated carbocycles. The quantitative estimate of drug-likeness (QED) is 0.331. The number of aliphatic hydroxyl groups excluding tert-OH is 1. The maximum Gasteiger partial charge on any atom is 0.393 e. The Labute approximate surface area is 154 Å². The molecule has 0 aromatic carbocycles. The minimum atomic E-state index is 0.108. The molecule has 25 heavy (non-hydrogen) atoms. The number of anilines is 2. The second kappa shape index (κ2) is 13.9. The molecule has 0 saturated heterocycles. The zero-order valence-corrected chi connectivity index (χ0v) is 16.6. The summed E-state index contributed by atoms with van der Waals surface area (Å²) in [7, 11) is 1.98. The van der Waals surface area contributed by atoms with Crippen LogP contribution in [0.1, 0.15) is 76.8 Å². The van der Waals surface area contributed by atoms with Crippen molar-refractivity contribution >= 4 is 11.8 Å². The van der Waals surface area contributed by atoms with Crippen LogP contribution in [-0.4, -0.2) is 29.8 Å². The van der Waals surface area contributed by atoms with Gasteiger partial charge in [0.15, 0.2) is 0 Å². The standard InChI is InChI=1S/C20H38N4O/c1-4-5-6-7-8-9-10-11-12-13-14-21-19-17-18(2)24(3)20(23-19)22-15-16-25/h17,25H,4-16H2,1-3H3,(H,21,22,23)/p+1. The summed E-state index contributed by atoms with van der Waals surface area (Å²) in [5.41, 5.74) is 1.14. The van der Waals surface area contributed by atoms with Crippen molar-refractivity contribution in [3.8, 4) is 0 Å². The molecule has 0 aliphatic carbocycles. The van der Waals surface area contributed by atoms with Crippen LogP contribution < -0.4 is 15.2 Å². The molecule has 0 spiro atoms. The third-order valence-corrected chi connectivity index (χ3v) is 4.65. The molecule has 0 unspecified atom stereocenters. The van der Waals surface area contributed by atoms with E-state index in [0.29, 0.717) is 6.54 Å². The molecular weight excluding hydrogens is 312 g/mol. The molecule has 0 aliphatic rings. The van der Waals surface area contributed by atoms with Gasteiger partial charge in [-0.2, -0.15) is 0 Å². The summed E-state index contributed by atoms with van der Waals surface area (Å²) in [6.45, 7) is 5.93. The Morgan fingerprint density at radius 2 is 1.52 bits per heavy atom. The number of aryl methyl sites for hydroxylation is 1. The lowest BCUT2D eigenvalue weighted by atomic mass is 10.1. The SMILES string of the molecule is CCCCCCCCCCCCNc1cc(C)[n+](C)c(NCCO)n1. The van der Waals surface area contributed by atoms with E-state index >= 15 is 0 Å². The van der Waals surface area contributed by atoms with Crippen LogP contribution in [0, 0.1) is 6.92 Å². The average Bonchev–Trinajstić information content (AvgIpc) is 2.61. The van der Waals surface area contributed by atoms with Crippen LogP contribution in [0.5, 0.6) is 0 Å². The normalized spacial score (nSPS) is 10.9. The fourth-order valence-corrected chi connectivity index (χ4v) is 2.93. The summed E-state index contributed by atoms with van der Waals surface area (Å²) in [6, 6.07) is 2.07. The Morgan fingerprint density at radius 1 is 0.920 bits per heavy atom. The molecule has 0 aliphatic heterocycles. The summed E-state index contributed by atoms with van der Waals surface area (Å²) >= 11 is 0. The number of unbranched alkanes of at least 4 members (excludes halogenated alkanes) is 9. The highest BCUT2D eigenvalue weighted by atomic mass is 16.3. The minimum absolute atomic E-state index is 0.108. The summed E-state index contributed by atoms with van der Waals surface area (Å²) in [5.74, 6) is 1.70. The highest BCUT2D eigenvalue weighted by Gasteiger charge is 2.13. The number of hydrogen-bond acceptors (Lipinski definition) is 4. The highest BCUT2D eigenvalue weighted by Crippen LogP contribution is 2.11. The second-order valence-corrected chi connectivity index (χ2v) is 6.92. The highest BCUT2D eigenvalue weighted by molar-refractivity contribution is 5.38. The van der Waals surface area contributed by atoms with Crippen molar-refractivity contribution in [3.63, 3.8) is 0 Å². The van der Waals surface area contributed by atoms with Crippen molar-refractivity contribution < 1.29 is 9.67 Å². The topological polar surface area (TPSA) is 61.1 Å². The average molecular weight is 352 g/mol. The van der Waals surface area contributed by atoms with Gasteiger partial charge in [0.1, 0.15) is 0 Å². The third-order valence-electron chi connectivity index (χ3n) is 4.65. The van der Waals surface area contributed by atoms with Crippen LogP contribution >= 0.6 is 0 Å². The van der Waals surface area contributed by atoms with E-state index in [9.17, 15) is 0 Å². The first-order valence-electron chi connectivity index (χ1n) is 10.1. The van der Waals surface area contributed by atoms with Gasteiger partial charge in [0.05, 0.1) is 25.9 Å². The van der Waals surface area contributed by atoms with Crippen LogP contribution in [0.4, 0.5) is 11.8 Å². The first-order chi connectivity index (χ1) is 12.2. The molecular formula is C20H39N4O+. The van der Waals surface area contributed by atoms with Gasteiger partial charge < -0.3 is 10.4 Å². The molecule has 0 radical (unpaired) electrons. The van der Waals surface area contributed by atoms with Crippen LogP contribution in [-0.2, 0) is 7.05 Å². The van der Waals surface area contributed by atoms with Crippen LogP contribution in [0.3, 0.4) is 0 Å². The molecule has 5 nitrogen and oxygen atoms in total. The number of rotatable bonds is 15. The molecule has 5 heteroatoms. The van der Waals surface area contributed by atoms with Crippen LogP contribution in [0.25, 0.3) is 0 Å². The lowest BCUT2D eigenvalue weighted by Crippen LogP contribution is -2.38. The van der Waals surface area contributed by atoms with E-state index < -0.39 is 0 Å². The van der Waals surface area contributed by atoms with Gasteiger partial charge in [-0.3, -0.25) is 5.32 Å². The zero-order valence-electron chi connectivity index (χ0n) is 16.6. The fourth-order valence-electron chi connectivity index (χ4n) is 2.93. The molecule has 1 aromatic rings. The predicted octanol–water partition coefficient (Wildman–Crippen LogP) is 3.95. The summed E-state index contributed by atoms with van der Waals surface area (Å²) in [6.07, 6.45) is 13.6. The molecule has 1 heterocycles. The van der Waals surface area contributed by atoms with E-state index in [1.807, 2.05) is 11.6 Å². The third kappa shape index (κ3) is 9.63. The smallest absolute Gasteiger partial charge is 0.393 e. The number of aromatic nitrogens is 2. The molecule has 0 amide bonds. The van der Waals surface area contributed by atoms with Gasteiger partial charge in [0.25, 0.3) is 0 Å². The molecule has 0 bridgehead atoms. The Morgan fingerprint density at radius 3 is 2.12 bits per heavy atom. The molecule has 0 fully saturated rings. The monoisotopic (exact) mass is 351 g/mol. The Kier molecular flexibility index (Phi) is 12.0.